The van der Waals surface area contributed by atoms with Crippen molar-refractivity contribution in [3.8, 4) is 5.75 Å². The summed E-state index contributed by atoms with van der Waals surface area (Å²) in [6.07, 6.45) is 5.35. The Morgan fingerprint density at radius 2 is 1.71 bits per heavy atom. The number of amides is 3. The molecule has 0 saturated carbocycles. The van der Waals surface area contributed by atoms with Crippen LogP contribution in [0.3, 0.4) is 0 Å². The molecular weight excluding hydrogens is 578 g/mol. The van der Waals surface area contributed by atoms with E-state index in [4.69, 9.17) is 20.4 Å². The van der Waals surface area contributed by atoms with E-state index in [0.29, 0.717) is 17.0 Å². The molecular formula is C32H35N7O6. The maximum atomic E-state index is 12.5. The van der Waals surface area contributed by atoms with Crippen molar-refractivity contribution in [2.45, 2.75) is 19.9 Å². The van der Waals surface area contributed by atoms with Crippen molar-refractivity contribution in [2.24, 2.45) is 16.2 Å². The molecule has 0 radical (unpaired) electrons. The number of carbonyl (C=O) groups is 3. The average molecular weight is 614 g/mol. The van der Waals surface area contributed by atoms with E-state index >= 15 is 0 Å². The molecule has 45 heavy (non-hydrogen) atoms. The average Bonchev–Trinajstić information content (AvgIpc) is 3.04. The molecule has 0 spiro atoms. The van der Waals surface area contributed by atoms with Crippen molar-refractivity contribution >= 4 is 29.2 Å². The topological polar surface area (TPSA) is 201 Å². The Morgan fingerprint density at radius 3 is 2.33 bits per heavy atom. The predicted octanol–water partition coefficient (Wildman–Crippen LogP) is 4.29. The Labute approximate surface area is 260 Å². The van der Waals surface area contributed by atoms with Crippen LogP contribution in [0.5, 0.6) is 5.75 Å². The van der Waals surface area contributed by atoms with E-state index < -0.39 is 23.2 Å². The van der Waals surface area contributed by atoms with Gasteiger partial charge in [-0.05, 0) is 36.8 Å². The van der Waals surface area contributed by atoms with Crippen molar-refractivity contribution in [3.63, 3.8) is 0 Å². The molecule has 3 aromatic rings. The first-order valence-corrected chi connectivity index (χ1v) is 13.5. The molecule has 13 heteroatoms. The van der Waals surface area contributed by atoms with Gasteiger partial charge >= 0.3 is 0 Å². The monoisotopic (exact) mass is 613 g/mol. The lowest BCUT2D eigenvalue weighted by Gasteiger charge is -2.09. The maximum Gasteiger partial charge on any atom is 0.287 e. The van der Waals surface area contributed by atoms with Crippen LogP contribution < -0.4 is 32.0 Å². The largest absolute Gasteiger partial charge is 0.497 e. The molecule has 0 unspecified atom stereocenters. The summed E-state index contributed by atoms with van der Waals surface area (Å²) in [4.78, 5) is 49.3. The third kappa shape index (κ3) is 12.3. The first kappa shape index (κ1) is 35.1. The number of amidine groups is 1. The number of carbonyl (C=O) groups excluding carboxylic acids is 3. The number of hydrogen-bond acceptors (Lipinski definition) is 8. The van der Waals surface area contributed by atoms with E-state index in [0.717, 1.165) is 23.3 Å². The number of rotatable bonds is 12. The summed E-state index contributed by atoms with van der Waals surface area (Å²) in [6, 6.07) is 15.4. The molecule has 0 aliphatic heterocycles. The van der Waals surface area contributed by atoms with Crippen LogP contribution in [-0.4, -0.2) is 37.2 Å². The van der Waals surface area contributed by atoms with Gasteiger partial charge in [0.05, 0.1) is 7.11 Å². The molecule has 1 heterocycles. The summed E-state index contributed by atoms with van der Waals surface area (Å²) in [7, 11) is 1.53. The van der Waals surface area contributed by atoms with E-state index in [-0.39, 0.29) is 36.9 Å². The van der Waals surface area contributed by atoms with Crippen LogP contribution in [-0.2, 0) is 11.3 Å². The van der Waals surface area contributed by atoms with Crippen LogP contribution >= 0.6 is 0 Å². The van der Waals surface area contributed by atoms with Crippen LogP contribution in [0.25, 0.3) is 0 Å². The van der Waals surface area contributed by atoms with E-state index in [1.807, 2.05) is 13.0 Å². The lowest BCUT2D eigenvalue weighted by Crippen LogP contribution is -2.29. The van der Waals surface area contributed by atoms with Gasteiger partial charge in [0.1, 0.15) is 5.75 Å². The minimum absolute atomic E-state index is 0.0719. The molecule has 1 aromatic heterocycles. The van der Waals surface area contributed by atoms with Gasteiger partial charge in [0.15, 0.2) is 22.8 Å². The number of anilines is 1. The highest BCUT2D eigenvalue weighted by atomic mass is 16.5. The molecule has 3 amide bonds. The third-order valence-corrected chi connectivity index (χ3v) is 5.72. The van der Waals surface area contributed by atoms with Gasteiger partial charge < -0.3 is 30.9 Å². The molecule has 0 saturated heterocycles. The zero-order valence-corrected chi connectivity index (χ0v) is 25.0. The van der Waals surface area contributed by atoms with E-state index in [2.05, 4.69) is 39.4 Å². The lowest BCUT2D eigenvalue weighted by molar-refractivity contribution is -0.116. The number of nitrogens with one attached hydrogen (secondary N) is 4. The standard InChI is InChI=1S/C25H25N7O6.C7H10/c1-37-19-7-2-4-15(10-19)14-29-25(36)21-13-18(33)12-20(38-21)24(35)28-9-8-22(34)30-17-6-3-5-16(11-17)23(26)31-32-27;1-4-6-7(3)5-2/h2-7,10-13H,8-9,14H2,1H3,(H,28,35)(H,29,36)(H,30,34)(H3,26,27,31);4-6H,1-2H2,3H3/b;7-6-. The van der Waals surface area contributed by atoms with Gasteiger partial charge in [0.25, 0.3) is 11.8 Å². The fraction of sp³-hybridized carbons (Fsp3) is 0.156. The molecule has 0 aliphatic rings. The summed E-state index contributed by atoms with van der Waals surface area (Å²) >= 11 is 0. The van der Waals surface area contributed by atoms with Crippen LogP contribution in [0.2, 0.25) is 0 Å². The highest BCUT2D eigenvalue weighted by molar-refractivity contribution is 5.99. The fourth-order valence-electron chi connectivity index (χ4n) is 3.47. The molecule has 0 aliphatic carbocycles. The summed E-state index contributed by atoms with van der Waals surface area (Å²) in [5.41, 5.74) is 2.13. The molecule has 3 rings (SSSR count). The van der Waals surface area contributed by atoms with Gasteiger partial charge in [0, 0.05) is 42.9 Å². The molecule has 0 fully saturated rings. The maximum absolute atomic E-state index is 12.5. The molecule has 6 N–H and O–H groups in total. The second-order valence-corrected chi connectivity index (χ2v) is 9.11. The molecule has 0 bridgehead atoms. The van der Waals surface area contributed by atoms with Gasteiger partial charge in [-0.15, -0.1) is 5.11 Å². The molecule has 0 atom stereocenters. The summed E-state index contributed by atoms with van der Waals surface area (Å²) in [5, 5.41) is 21.9. The van der Waals surface area contributed by atoms with E-state index in [1.165, 1.54) is 13.2 Å². The minimum Gasteiger partial charge on any atom is -0.497 e. The highest BCUT2D eigenvalue weighted by Gasteiger charge is 2.16. The van der Waals surface area contributed by atoms with E-state index in [9.17, 15) is 19.2 Å². The Bertz CT molecular complexity index is 1660. The van der Waals surface area contributed by atoms with Crippen LogP contribution in [0, 0.1) is 5.41 Å². The van der Waals surface area contributed by atoms with E-state index in [1.54, 1.807) is 54.6 Å². The number of allylic oxidation sites excluding steroid dienone is 4. The highest BCUT2D eigenvalue weighted by Crippen LogP contribution is 2.13. The van der Waals surface area contributed by atoms with Crippen LogP contribution in [0.15, 0.2) is 117 Å². The van der Waals surface area contributed by atoms with Gasteiger partial charge in [-0.25, -0.2) is 0 Å². The second kappa shape index (κ2) is 18.4. The first-order chi connectivity index (χ1) is 21.6. The van der Waals surface area contributed by atoms with Crippen molar-refractivity contribution in [2.75, 3.05) is 19.0 Å². The number of hydrogen-bond donors (Lipinski definition) is 5. The van der Waals surface area contributed by atoms with Gasteiger partial charge in [0.2, 0.25) is 5.91 Å². The van der Waals surface area contributed by atoms with Gasteiger partial charge in [-0.3, -0.25) is 24.6 Å². The summed E-state index contributed by atoms with van der Waals surface area (Å²) in [5.74, 6) is 2.84. The number of nitrogens with two attached hydrogens (primary N) is 1. The number of ether oxygens (including phenoxy) is 1. The van der Waals surface area contributed by atoms with Crippen molar-refractivity contribution in [1.82, 2.24) is 10.6 Å². The summed E-state index contributed by atoms with van der Waals surface area (Å²) < 4.78 is 10.5. The molecule has 2 aromatic carbocycles. The fourth-order valence-corrected chi connectivity index (χ4v) is 3.47. The van der Waals surface area contributed by atoms with Crippen molar-refractivity contribution in [1.29, 1.82) is 5.41 Å². The third-order valence-electron chi connectivity index (χ3n) is 5.72. The Kier molecular flexibility index (Phi) is 14.4. The normalized spacial score (nSPS) is 10.6. The predicted molar refractivity (Wildman–Crippen MR) is 171 cm³/mol. The van der Waals surface area contributed by atoms with Crippen LogP contribution in [0.1, 0.15) is 45.6 Å². The summed E-state index contributed by atoms with van der Waals surface area (Å²) in [6.45, 7) is 9.14. The number of methoxy groups -OCH3 is 1. The Hall–Kier alpha value is -6.11. The molecule has 234 valence electrons. The minimum atomic E-state index is -0.764. The Morgan fingerprint density at radius 1 is 1.02 bits per heavy atom. The zero-order valence-electron chi connectivity index (χ0n) is 25.0. The van der Waals surface area contributed by atoms with Gasteiger partial charge in [-0.2, -0.15) is 0 Å². The SMILES string of the molecule is C=C/C=C(/C)C=C.COc1cccc(CNC(=O)c2cc(=O)cc(C(=O)NCCC(=O)Nc3cccc(C(=N)N=NN)c3)o2)c1. The number of nitrogens with zero attached hydrogens (tertiary/aromatic N) is 2. The molecule has 13 nitrogen and oxygen atoms in total. The van der Waals surface area contributed by atoms with Crippen LogP contribution in [0.4, 0.5) is 5.69 Å². The second-order valence-electron chi connectivity index (χ2n) is 9.11. The first-order valence-electron chi connectivity index (χ1n) is 13.5. The van der Waals surface area contributed by atoms with Gasteiger partial charge in [-0.1, -0.05) is 66.4 Å². The van der Waals surface area contributed by atoms with Crippen molar-refractivity contribution in [3.05, 3.63) is 130 Å². The zero-order chi connectivity index (χ0) is 33.2. The quantitative estimate of drug-likeness (QED) is 0.0500. The Balaban J connectivity index is 0.000000900. The smallest absolute Gasteiger partial charge is 0.287 e. The number of benzene rings is 2. The van der Waals surface area contributed by atoms with Crippen molar-refractivity contribution < 1.29 is 23.5 Å². The lowest BCUT2D eigenvalue weighted by atomic mass is 10.2.